The summed E-state index contributed by atoms with van der Waals surface area (Å²) < 4.78 is 10.6. The van der Waals surface area contributed by atoms with E-state index >= 15 is 0 Å². The number of rotatable bonds is 10. The van der Waals surface area contributed by atoms with Crippen molar-refractivity contribution in [3.63, 3.8) is 0 Å². The lowest BCUT2D eigenvalue weighted by Crippen LogP contribution is -2.39. The van der Waals surface area contributed by atoms with Crippen LogP contribution in [0, 0.1) is 0 Å². The summed E-state index contributed by atoms with van der Waals surface area (Å²) in [6.07, 6.45) is 6.51. The molecule has 2 aromatic rings. The van der Waals surface area contributed by atoms with Gasteiger partial charge in [0.2, 0.25) is 5.91 Å². The minimum absolute atomic E-state index is 0.121. The second kappa shape index (κ2) is 12.5. The molecule has 0 radical (unpaired) electrons. The van der Waals surface area contributed by atoms with Gasteiger partial charge in [0.1, 0.15) is 0 Å². The highest BCUT2D eigenvalue weighted by Gasteiger charge is 2.22. The second-order valence-electron chi connectivity index (χ2n) is 8.28. The molecule has 0 bridgehead atoms. The molecule has 1 N–H and O–H groups in total. The molecule has 2 aromatic carbocycles. The number of hydrogen-bond acceptors (Lipinski definition) is 5. The van der Waals surface area contributed by atoms with Gasteiger partial charge in [0, 0.05) is 24.5 Å². The van der Waals surface area contributed by atoms with E-state index < -0.39 is 0 Å². The van der Waals surface area contributed by atoms with Gasteiger partial charge in [-0.1, -0.05) is 37.5 Å². The maximum Gasteiger partial charge on any atom is 0.252 e. The summed E-state index contributed by atoms with van der Waals surface area (Å²) in [6.45, 7) is 0.497. The molecule has 1 aliphatic rings. The first kappa shape index (κ1) is 25.0. The van der Waals surface area contributed by atoms with Gasteiger partial charge in [-0.25, -0.2) is 0 Å². The third-order valence-corrected chi connectivity index (χ3v) is 7.20. The molecule has 1 saturated carbocycles. The van der Waals surface area contributed by atoms with Crippen LogP contribution < -0.4 is 14.8 Å². The summed E-state index contributed by atoms with van der Waals surface area (Å²) in [7, 11) is 5.12. The molecule has 178 valence electrons. The molecule has 0 aliphatic heterocycles. The first-order valence-corrected chi connectivity index (χ1v) is 12.5. The van der Waals surface area contributed by atoms with Crippen molar-refractivity contribution in [3.8, 4) is 11.5 Å². The topological polar surface area (TPSA) is 67.9 Å². The first-order valence-electron chi connectivity index (χ1n) is 11.5. The van der Waals surface area contributed by atoms with Crippen molar-refractivity contribution in [1.29, 1.82) is 0 Å². The molecule has 0 unspecified atom stereocenters. The Labute approximate surface area is 201 Å². The molecule has 0 aromatic heterocycles. The van der Waals surface area contributed by atoms with Crippen molar-refractivity contribution in [3.05, 3.63) is 53.6 Å². The number of hydrogen-bond donors (Lipinski definition) is 1. The van der Waals surface area contributed by atoms with Gasteiger partial charge in [0.05, 0.1) is 25.5 Å². The number of carbonyl (C=O) groups excluding carboxylic acids is 2. The number of benzene rings is 2. The highest BCUT2D eigenvalue weighted by Crippen LogP contribution is 2.28. The van der Waals surface area contributed by atoms with Crippen LogP contribution in [0.4, 0.5) is 0 Å². The Hall–Kier alpha value is -2.67. The number of nitrogens with zero attached hydrogens (tertiary/aromatic N) is 1. The molecule has 1 aliphatic carbocycles. The van der Waals surface area contributed by atoms with E-state index in [1.807, 2.05) is 54.4 Å². The fraction of sp³-hybridized carbons (Fsp3) is 0.462. The lowest BCUT2D eigenvalue weighted by Gasteiger charge is -2.31. The number of ether oxygens (including phenoxy) is 2. The fourth-order valence-corrected chi connectivity index (χ4v) is 5.12. The van der Waals surface area contributed by atoms with E-state index in [-0.39, 0.29) is 11.8 Å². The van der Waals surface area contributed by atoms with E-state index in [4.69, 9.17) is 9.47 Å². The number of amides is 2. The maximum absolute atomic E-state index is 12.8. The Kier molecular flexibility index (Phi) is 9.48. The van der Waals surface area contributed by atoms with E-state index in [2.05, 4.69) is 5.32 Å². The first-order chi connectivity index (χ1) is 16.0. The average Bonchev–Trinajstić information content (AvgIpc) is 2.87. The number of carbonyl (C=O) groups is 2. The van der Waals surface area contributed by atoms with Crippen molar-refractivity contribution in [2.75, 3.05) is 33.6 Å². The lowest BCUT2D eigenvalue weighted by atomic mass is 9.94. The van der Waals surface area contributed by atoms with Crippen molar-refractivity contribution in [2.45, 2.75) is 49.5 Å². The Morgan fingerprint density at radius 1 is 1.03 bits per heavy atom. The van der Waals surface area contributed by atoms with Crippen LogP contribution in [-0.2, 0) is 11.2 Å². The van der Waals surface area contributed by atoms with E-state index in [0.717, 1.165) is 23.3 Å². The Balaban J connectivity index is 1.53. The molecule has 0 spiro atoms. The zero-order chi connectivity index (χ0) is 23.6. The fourth-order valence-electron chi connectivity index (χ4n) is 4.15. The number of nitrogens with one attached hydrogen (secondary N) is 1. The van der Waals surface area contributed by atoms with Crippen LogP contribution in [0.15, 0.2) is 47.4 Å². The molecule has 33 heavy (non-hydrogen) atoms. The van der Waals surface area contributed by atoms with Crippen LogP contribution in [0.5, 0.6) is 11.5 Å². The highest BCUT2D eigenvalue weighted by atomic mass is 32.2. The van der Waals surface area contributed by atoms with Gasteiger partial charge in [0.25, 0.3) is 5.91 Å². The summed E-state index contributed by atoms with van der Waals surface area (Å²) in [5, 5.41) is 3.00. The molecule has 2 amide bonds. The molecular formula is C26H34N2O4S. The second-order valence-corrected chi connectivity index (χ2v) is 9.29. The van der Waals surface area contributed by atoms with Gasteiger partial charge in [-0.3, -0.25) is 9.59 Å². The summed E-state index contributed by atoms with van der Waals surface area (Å²) in [6, 6.07) is 13.6. The third kappa shape index (κ3) is 6.90. The minimum atomic E-state index is -0.133. The van der Waals surface area contributed by atoms with Gasteiger partial charge in [-0.15, -0.1) is 11.8 Å². The molecule has 0 saturated heterocycles. The monoisotopic (exact) mass is 470 g/mol. The Bertz CT molecular complexity index is 944. The van der Waals surface area contributed by atoms with Crippen molar-refractivity contribution in [1.82, 2.24) is 10.2 Å². The van der Waals surface area contributed by atoms with Crippen LogP contribution in [0.3, 0.4) is 0 Å². The molecule has 6 nitrogen and oxygen atoms in total. The summed E-state index contributed by atoms with van der Waals surface area (Å²) in [5.74, 6) is 1.68. The molecular weight excluding hydrogens is 436 g/mol. The van der Waals surface area contributed by atoms with Gasteiger partial charge in [-0.05, 0) is 49.1 Å². The normalized spacial score (nSPS) is 13.9. The van der Waals surface area contributed by atoms with E-state index in [1.165, 1.54) is 31.0 Å². The number of methoxy groups -OCH3 is 2. The van der Waals surface area contributed by atoms with Crippen LogP contribution in [0.1, 0.15) is 48.0 Å². The third-order valence-electron chi connectivity index (χ3n) is 6.15. The standard InChI is InChI=1S/C26H34N2O4S/c1-28(20-9-5-4-6-10-20)25(29)18-33-24-12-8-7-11-21(24)26(30)27-16-15-19-13-14-22(31-2)23(17-19)32-3/h7-8,11-14,17,20H,4-6,9-10,15-16,18H2,1-3H3,(H,27,30). The smallest absolute Gasteiger partial charge is 0.252 e. The van der Waals surface area contributed by atoms with E-state index in [0.29, 0.717) is 41.8 Å². The van der Waals surface area contributed by atoms with Gasteiger partial charge in [0.15, 0.2) is 11.5 Å². The molecule has 0 atom stereocenters. The zero-order valence-corrected chi connectivity index (χ0v) is 20.6. The highest BCUT2D eigenvalue weighted by molar-refractivity contribution is 8.00. The molecule has 7 heteroatoms. The van der Waals surface area contributed by atoms with Gasteiger partial charge >= 0.3 is 0 Å². The lowest BCUT2D eigenvalue weighted by molar-refractivity contribution is -0.129. The van der Waals surface area contributed by atoms with Crippen LogP contribution in [0.25, 0.3) is 0 Å². The predicted octanol–water partition coefficient (Wildman–Crippen LogP) is 4.56. The van der Waals surface area contributed by atoms with Crippen LogP contribution in [-0.4, -0.2) is 56.3 Å². The summed E-state index contributed by atoms with van der Waals surface area (Å²) >= 11 is 1.43. The molecule has 1 fully saturated rings. The molecule has 3 rings (SSSR count). The van der Waals surface area contributed by atoms with Crippen molar-refractivity contribution in [2.24, 2.45) is 0 Å². The number of thioether (sulfide) groups is 1. The van der Waals surface area contributed by atoms with Crippen LogP contribution in [0.2, 0.25) is 0 Å². The van der Waals surface area contributed by atoms with Gasteiger partial charge < -0.3 is 19.7 Å². The SMILES string of the molecule is COc1ccc(CCNC(=O)c2ccccc2SCC(=O)N(C)C2CCCCC2)cc1OC. The Morgan fingerprint density at radius 2 is 1.76 bits per heavy atom. The van der Waals surface area contributed by atoms with Crippen LogP contribution >= 0.6 is 11.8 Å². The quantitative estimate of drug-likeness (QED) is 0.516. The molecule has 0 heterocycles. The maximum atomic E-state index is 12.8. The van der Waals surface area contributed by atoms with E-state index in [1.54, 1.807) is 14.2 Å². The van der Waals surface area contributed by atoms with Crippen molar-refractivity contribution < 1.29 is 19.1 Å². The summed E-state index contributed by atoms with van der Waals surface area (Å²) in [4.78, 5) is 28.3. The largest absolute Gasteiger partial charge is 0.493 e. The zero-order valence-electron chi connectivity index (χ0n) is 19.8. The minimum Gasteiger partial charge on any atom is -0.493 e. The van der Waals surface area contributed by atoms with E-state index in [9.17, 15) is 9.59 Å². The van der Waals surface area contributed by atoms with Gasteiger partial charge in [-0.2, -0.15) is 0 Å². The van der Waals surface area contributed by atoms with Crippen molar-refractivity contribution >= 4 is 23.6 Å². The average molecular weight is 471 g/mol. The summed E-state index contributed by atoms with van der Waals surface area (Å²) in [5.41, 5.74) is 1.65. The Morgan fingerprint density at radius 3 is 2.48 bits per heavy atom. The predicted molar refractivity (Wildman–Crippen MR) is 132 cm³/mol.